The van der Waals surface area contributed by atoms with Crippen molar-refractivity contribution in [2.24, 2.45) is 11.8 Å². The molecule has 1 rings (SSSR count). The maximum Gasteiger partial charge on any atom is 0.326 e. The first-order valence-corrected chi connectivity index (χ1v) is 5.60. The number of hydrogen-bond donors (Lipinski definition) is 2. The second-order valence-electron chi connectivity index (χ2n) is 4.69. The number of carboxylic acids is 2. The van der Waals surface area contributed by atoms with Crippen molar-refractivity contribution < 1.29 is 24.6 Å². The van der Waals surface area contributed by atoms with Gasteiger partial charge in [0.1, 0.15) is 12.0 Å². The van der Waals surface area contributed by atoms with Crippen LogP contribution in [0.3, 0.4) is 0 Å². The number of carbonyl (C=O) groups is 3. The molecule has 1 fully saturated rings. The van der Waals surface area contributed by atoms with Crippen LogP contribution in [0.2, 0.25) is 0 Å². The summed E-state index contributed by atoms with van der Waals surface area (Å²) in [6.07, 6.45) is 0.531. The van der Waals surface area contributed by atoms with Gasteiger partial charge < -0.3 is 15.1 Å². The third kappa shape index (κ3) is 2.95. The number of hydrogen-bond acceptors (Lipinski definition) is 3. The summed E-state index contributed by atoms with van der Waals surface area (Å²) in [7, 11) is 0. The molecule has 0 saturated carbocycles. The van der Waals surface area contributed by atoms with Gasteiger partial charge in [-0.15, -0.1) is 0 Å². The molecule has 1 unspecified atom stereocenters. The van der Waals surface area contributed by atoms with Gasteiger partial charge >= 0.3 is 11.9 Å². The summed E-state index contributed by atoms with van der Waals surface area (Å²) in [4.78, 5) is 34.8. The van der Waals surface area contributed by atoms with E-state index in [1.807, 2.05) is 13.8 Å². The fourth-order valence-corrected chi connectivity index (χ4v) is 2.05. The van der Waals surface area contributed by atoms with Crippen molar-refractivity contribution in [1.29, 1.82) is 0 Å². The van der Waals surface area contributed by atoms with Crippen LogP contribution in [-0.2, 0) is 14.4 Å². The Morgan fingerprint density at radius 1 is 1.41 bits per heavy atom. The lowest BCUT2D eigenvalue weighted by Gasteiger charge is -2.25. The zero-order valence-corrected chi connectivity index (χ0v) is 9.92. The van der Waals surface area contributed by atoms with Crippen LogP contribution in [0.15, 0.2) is 0 Å². The van der Waals surface area contributed by atoms with Gasteiger partial charge in [0.15, 0.2) is 0 Å². The first-order chi connectivity index (χ1) is 7.84. The van der Waals surface area contributed by atoms with E-state index in [2.05, 4.69) is 0 Å². The Morgan fingerprint density at radius 3 is 2.35 bits per heavy atom. The topological polar surface area (TPSA) is 94.9 Å². The van der Waals surface area contributed by atoms with Gasteiger partial charge in [-0.1, -0.05) is 13.8 Å². The molecular weight excluding hydrogens is 226 g/mol. The van der Waals surface area contributed by atoms with Crippen molar-refractivity contribution in [2.45, 2.75) is 32.7 Å². The Kier molecular flexibility index (Phi) is 4.09. The second-order valence-corrected chi connectivity index (χ2v) is 4.69. The average molecular weight is 243 g/mol. The predicted molar refractivity (Wildman–Crippen MR) is 58.3 cm³/mol. The van der Waals surface area contributed by atoms with Gasteiger partial charge in [0, 0.05) is 6.54 Å². The number of nitrogens with zero attached hydrogens (tertiary/aromatic N) is 1. The molecular formula is C11H17NO5. The first kappa shape index (κ1) is 13.5. The highest BCUT2D eigenvalue weighted by atomic mass is 16.4. The van der Waals surface area contributed by atoms with Crippen LogP contribution in [0, 0.1) is 11.8 Å². The smallest absolute Gasteiger partial charge is 0.326 e. The van der Waals surface area contributed by atoms with Crippen molar-refractivity contribution in [3.05, 3.63) is 0 Å². The Labute approximate surface area is 99.2 Å². The molecule has 0 bridgehead atoms. The number of likely N-dealkylation sites (tertiary alicyclic amines) is 1. The van der Waals surface area contributed by atoms with E-state index in [1.54, 1.807) is 0 Å². The molecule has 1 amide bonds. The van der Waals surface area contributed by atoms with Gasteiger partial charge in [-0.05, 0) is 18.8 Å². The van der Waals surface area contributed by atoms with Crippen LogP contribution in [0.1, 0.15) is 26.7 Å². The molecule has 0 aromatic heterocycles. The number of carbonyl (C=O) groups excluding carboxylic acids is 1. The maximum atomic E-state index is 11.8. The van der Waals surface area contributed by atoms with Crippen molar-refractivity contribution in [1.82, 2.24) is 4.90 Å². The predicted octanol–water partition coefficient (Wildman–Crippen LogP) is 0.419. The molecule has 1 aliphatic rings. The van der Waals surface area contributed by atoms with Crippen LogP contribution in [0.4, 0.5) is 0 Å². The summed E-state index contributed by atoms with van der Waals surface area (Å²) in [6, 6.07) is -0.910. The number of aliphatic carboxylic acids is 2. The molecule has 0 aromatic rings. The summed E-state index contributed by atoms with van der Waals surface area (Å²) < 4.78 is 0. The summed E-state index contributed by atoms with van der Waals surface area (Å²) in [5, 5.41) is 17.9. The van der Waals surface area contributed by atoms with E-state index in [4.69, 9.17) is 10.2 Å². The molecule has 1 saturated heterocycles. The van der Waals surface area contributed by atoms with Gasteiger partial charge in [0.25, 0.3) is 0 Å². The Morgan fingerprint density at radius 2 is 2.00 bits per heavy atom. The van der Waals surface area contributed by atoms with Crippen molar-refractivity contribution in [2.75, 3.05) is 6.54 Å². The molecule has 0 aromatic carbocycles. The number of rotatable bonds is 5. The van der Waals surface area contributed by atoms with Gasteiger partial charge in [-0.25, -0.2) is 4.79 Å². The molecule has 6 heteroatoms. The summed E-state index contributed by atoms with van der Waals surface area (Å²) in [6.45, 7) is 3.94. The normalized spacial score (nSPS) is 21.9. The minimum Gasteiger partial charge on any atom is -0.481 e. The third-order valence-electron chi connectivity index (χ3n) is 2.89. The largest absolute Gasteiger partial charge is 0.481 e. The third-order valence-corrected chi connectivity index (χ3v) is 2.89. The van der Waals surface area contributed by atoms with E-state index in [0.717, 1.165) is 0 Å². The van der Waals surface area contributed by atoms with Crippen LogP contribution >= 0.6 is 0 Å². The van der Waals surface area contributed by atoms with Crippen molar-refractivity contribution >= 4 is 17.8 Å². The lowest BCUT2D eigenvalue weighted by atomic mass is 10.0. The van der Waals surface area contributed by atoms with E-state index >= 15 is 0 Å². The second kappa shape index (κ2) is 5.16. The standard InChI is InChI=1S/C11H17NO5/c1-6(2)5-8(11(16)17)12-4-3-7(9(12)13)10(14)15/h6-8H,3-5H2,1-2H3,(H,14,15)(H,16,17)/t7?,8-/m0/s1. The number of carboxylic acid groups (broad SMARTS) is 2. The molecule has 1 aliphatic heterocycles. The van der Waals surface area contributed by atoms with E-state index in [9.17, 15) is 14.4 Å². The van der Waals surface area contributed by atoms with Crippen LogP contribution in [0.25, 0.3) is 0 Å². The monoisotopic (exact) mass is 243 g/mol. The van der Waals surface area contributed by atoms with Crippen molar-refractivity contribution in [3.8, 4) is 0 Å². The van der Waals surface area contributed by atoms with Crippen molar-refractivity contribution in [3.63, 3.8) is 0 Å². The van der Waals surface area contributed by atoms with E-state index in [1.165, 1.54) is 4.90 Å². The van der Waals surface area contributed by atoms with E-state index in [0.29, 0.717) is 6.42 Å². The minimum atomic E-state index is -1.17. The maximum absolute atomic E-state index is 11.8. The van der Waals surface area contributed by atoms with Crippen LogP contribution in [0.5, 0.6) is 0 Å². The highest BCUT2D eigenvalue weighted by molar-refractivity contribution is 5.99. The summed E-state index contributed by atoms with van der Waals surface area (Å²) in [5.41, 5.74) is 0. The van der Waals surface area contributed by atoms with Gasteiger partial charge in [-0.2, -0.15) is 0 Å². The quantitative estimate of drug-likeness (QED) is 0.682. The molecule has 96 valence electrons. The summed E-state index contributed by atoms with van der Waals surface area (Å²) in [5.74, 6) is -3.77. The molecule has 0 aliphatic carbocycles. The van der Waals surface area contributed by atoms with Crippen LogP contribution in [-0.4, -0.2) is 45.5 Å². The molecule has 0 radical (unpaired) electrons. The van der Waals surface area contributed by atoms with E-state index in [-0.39, 0.29) is 18.9 Å². The highest BCUT2D eigenvalue weighted by Gasteiger charge is 2.42. The molecule has 6 nitrogen and oxygen atoms in total. The minimum absolute atomic E-state index is 0.132. The lowest BCUT2D eigenvalue weighted by molar-refractivity contribution is -0.154. The lowest BCUT2D eigenvalue weighted by Crippen LogP contribution is -2.44. The molecule has 0 spiro atoms. The average Bonchev–Trinajstić information content (AvgIpc) is 2.56. The Hall–Kier alpha value is -1.59. The fourth-order valence-electron chi connectivity index (χ4n) is 2.05. The molecule has 2 N–H and O–H groups in total. The SMILES string of the molecule is CC(C)C[C@@H](C(=O)O)N1CCC(C(=O)O)C1=O. The molecule has 17 heavy (non-hydrogen) atoms. The highest BCUT2D eigenvalue weighted by Crippen LogP contribution is 2.23. The van der Waals surface area contributed by atoms with Gasteiger partial charge in [0.05, 0.1) is 0 Å². The Balaban J connectivity index is 2.80. The molecule has 1 heterocycles. The first-order valence-electron chi connectivity index (χ1n) is 5.60. The number of amides is 1. The molecule has 2 atom stereocenters. The van der Waals surface area contributed by atoms with Gasteiger partial charge in [0.2, 0.25) is 5.91 Å². The van der Waals surface area contributed by atoms with E-state index < -0.39 is 29.8 Å². The van der Waals surface area contributed by atoms with Gasteiger partial charge in [-0.3, -0.25) is 9.59 Å². The zero-order chi connectivity index (χ0) is 13.2. The Bertz CT molecular complexity index is 339. The summed E-state index contributed by atoms with van der Waals surface area (Å²) >= 11 is 0. The van der Waals surface area contributed by atoms with Crippen LogP contribution < -0.4 is 0 Å². The fraction of sp³-hybridized carbons (Fsp3) is 0.727. The zero-order valence-electron chi connectivity index (χ0n) is 9.92.